The van der Waals surface area contributed by atoms with Crippen LogP contribution in [0.2, 0.25) is 0 Å². The van der Waals surface area contributed by atoms with Crippen molar-refractivity contribution in [2.75, 3.05) is 5.32 Å². The van der Waals surface area contributed by atoms with Crippen molar-refractivity contribution < 1.29 is 4.79 Å². The molecule has 0 unspecified atom stereocenters. The third-order valence-electron chi connectivity index (χ3n) is 5.03. The molecular formula is C26H19N3OS. The highest BCUT2D eigenvalue weighted by molar-refractivity contribution is 7.13. The van der Waals surface area contributed by atoms with E-state index < -0.39 is 0 Å². The second-order valence-electron chi connectivity index (χ2n) is 7.20. The van der Waals surface area contributed by atoms with Crippen LogP contribution in [-0.4, -0.2) is 15.9 Å². The van der Waals surface area contributed by atoms with Gasteiger partial charge >= 0.3 is 0 Å². The van der Waals surface area contributed by atoms with Crippen molar-refractivity contribution in [3.63, 3.8) is 0 Å². The van der Waals surface area contributed by atoms with Crippen LogP contribution in [0.25, 0.3) is 32.6 Å². The first kappa shape index (κ1) is 19.2. The smallest absolute Gasteiger partial charge is 0.230 e. The van der Waals surface area contributed by atoms with E-state index in [0.717, 1.165) is 32.5 Å². The third kappa shape index (κ3) is 4.22. The van der Waals surface area contributed by atoms with Crippen LogP contribution in [0.15, 0.2) is 96.5 Å². The molecule has 0 atom stereocenters. The van der Waals surface area contributed by atoms with Gasteiger partial charge in [0.15, 0.2) is 5.82 Å². The van der Waals surface area contributed by atoms with E-state index in [0.29, 0.717) is 11.5 Å². The average Bonchev–Trinajstić information content (AvgIpc) is 3.35. The number of nitrogens with one attached hydrogen (secondary N) is 1. The van der Waals surface area contributed by atoms with Gasteiger partial charge in [-0.25, -0.2) is 9.97 Å². The molecule has 0 saturated heterocycles. The van der Waals surface area contributed by atoms with Gasteiger partial charge in [0, 0.05) is 5.56 Å². The summed E-state index contributed by atoms with van der Waals surface area (Å²) in [5.41, 5.74) is 3.41. The molecule has 4 nitrogen and oxygen atoms in total. The van der Waals surface area contributed by atoms with E-state index in [1.165, 1.54) is 0 Å². The molecule has 0 radical (unpaired) electrons. The SMILES string of the molecule is O=C(Cc1ccc2ccccc2c1)Nc1ncc(-c2ccccc2)nc1-c1cccs1. The van der Waals surface area contributed by atoms with E-state index in [1.54, 1.807) is 17.5 Å². The first-order valence-corrected chi connectivity index (χ1v) is 10.9. The van der Waals surface area contributed by atoms with Gasteiger partial charge in [-0.2, -0.15) is 0 Å². The number of hydrogen-bond acceptors (Lipinski definition) is 4. The van der Waals surface area contributed by atoms with Gasteiger partial charge in [0.05, 0.1) is 23.2 Å². The standard InChI is InChI=1S/C26H19N3OS/c30-24(16-18-12-13-19-7-4-5-10-21(19)15-18)29-26-25(23-11-6-14-31-23)28-22(17-27-26)20-8-2-1-3-9-20/h1-15,17H,16H2,(H,27,29,30). The van der Waals surface area contributed by atoms with Gasteiger partial charge < -0.3 is 5.32 Å². The van der Waals surface area contributed by atoms with Gasteiger partial charge in [-0.3, -0.25) is 4.79 Å². The Bertz CT molecular complexity index is 1350. The van der Waals surface area contributed by atoms with Crippen molar-refractivity contribution in [3.05, 3.63) is 102 Å². The monoisotopic (exact) mass is 421 g/mol. The summed E-state index contributed by atoms with van der Waals surface area (Å²) in [5.74, 6) is 0.364. The highest BCUT2D eigenvalue weighted by Gasteiger charge is 2.15. The van der Waals surface area contributed by atoms with Crippen LogP contribution in [0.1, 0.15) is 5.56 Å². The van der Waals surface area contributed by atoms with Crippen molar-refractivity contribution in [1.29, 1.82) is 0 Å². The molecule has 3 aromatic carbocycles. The molecule has 0 bridgehead atoms. The van der Waals surface area contributed by atoms with Gasteiger partial charge in [0.1, 0.15) is 5.69 Å². The van der Waals surface area contributed by atoms with E-state index in [1.807, 2.05) is 72.1 Å². The molecule has 0 fully saturated rings. The Hall–Kier alpha value is -3.83. The number of thiophene rings is 1. The Balaban J connectivity index is 1.43. The van der Waals surface area contributed by atoms with Crippen LogP contribution in [-0.2, 0) is 11.2 Å². The molecule has 150 valence electrons. The number of carbonyl (C=O) groups is 1. The van der Waals surface area contributed by atoms with E-state index in [9.17, 15) is 4.79 Å². The molecule has 5 heteroatoms. The summed E-state index contributed by atoms with van der Waals surface area (Å²) in [6.45, 7) is 0. The fourth-order valence-corrected chi connectivity index (χ4v) is 4.24. The number of benzene rings is 3. The minimum atomic E-state index is -0.116. The maximum atomic E-state index is 12.8. The number of fused-ring (bicyclic) bond motifs is 1. The first-order chi connectivity index (χ1) is 15.3. The summed E-state index contributed by atoms with van der Waals surface area (Å²) < 4.78 is 0. The minimum Gasteiger partial charge on any atom is -0.309 e. The number of amides is 1. The normalized spacial score (nSPS) is 10.8. The van der Waals surface area contributed by atoms with Crippen molar-refractivity contribution >= 4 is 33.8 Å². The molecular weight excluding hydrogens is 402 g/mol. The van der Waals surface area contributed by atoms with Crippen molar-refractivity contribution in [2.45, 2.75) is 6.42 Å². The summed E-state index contributed by atoms with van der Waals surface area (Å²) in [7, 11) is 0. The molecule has 1 amide bonds. The number of anilines is 1. The predicted octanol–water partition coefficient (Wildman–Crippen LogP) is 6.21. The topological polar surface area (TPSA) is 54.9 Å². The lowest BCUT2D eigenvalue weighted by Crippen LogP contribution is -2.16. The van der Waals surface area contributed by atoms with Crippen molar-refractivity contribution in [3.8, 4) is 21.8 Å². The molecule has 2 heterocycles. The highest BCUT2D eigenvalue weighted by Crippen LogP contribution is 2.31. The maximum absolute atomic E-state index is 12.8. The zero-order valence-electron chi connectivity index (χ0n) is 16.7. The van der Waals surface area contributed by atoms with Crippen LogP contribution in [0.5, 0.6) is 0 Å². The lowest BCUT2D eigenvalue weighted by Gasteiger charge is -2.11. The molecule has 0 aliphatic carbocycles. The van der Waals surface area contributed by atoms with Crippen molar-refractivity contribution in [2.24, 2.45) is 0 Å². The second-order valence-corrected chi connectivity index (χ2v) is 8.15. The number of carbonyl (C=O) groups excluding carboxylic acids is 1. The second kappa shape index (κ2) is 8.50. The zero-order valence-corrected chi connectivity index (χ0v) is 17.5. The van der Waals surface area contributed by atoms with Crippen LogP contribution < -0.4 is 5.32 Å². The molecule has 31 heavy (non-hydrogen) atoms. The zero-order chi connectivity index (χ0) is 21.0. The molecule has 5 rings (SSSR count). The van der Waals surface area contributed by atoms with Gasteiger partial charge in [0.25, 0.3) is 0 Å². The molecule has 0 aliphatic rings. The van der Waals surface area contributed by atoms with E-state index >= 15 is 0 Å². The quantitative estimate of drug-likeness (QED) is 0.367. The average molecular weight is 422 g/mol. The lowest BCUT2D eigenvalue weighted by atomic mass is 10.0. The van der Waals surface area contributed by atoms with E-state index in [2.05, 4.69) is 28.5 Å². The fourth-order valence-electron chi connectivity index (χ4n) is 3.52. The van der Waals surface area contributed by atoms with Gasteiger partial charge in [-0.05, 0) is 27.8 Å². The van der Waals surface area contributed by atoms with Crippen LogP contribution in [0.4, 0.5) is 5.82 Å². The Morgan fingerprint density at radius 3 is 2.48 bits per heavy atom. The lowest BCUT2D eigenvalue weighted by molar-refractivity contribution is -0.115. The summed E-state index contributed by atoms with van der Waals surface area (Å²) >= 11 is 1.57. The minimum absolute atomic E-state index is 0.116. The molecule has 0 aliphatic heterocycles. The Morgan fingerprint density at radius 2 is 1.68 bits per heavy atom. The molecule has 0 spiro atoms. The Morgan fingerprint density at radius 1 is 0.871 bits per heavy atom. The summed E-state index contributed by atoms with van der Waals surface area (Å²) in [6, 6.07) is 28.1. The van der Waals surface area contributed by atoms with Gasteiger partial charge in [0.2, 0.25) is 5.91 Å². The third-order valence-corrected chi connectivity index (χ3v) is 5.91. The number of nitrogens with zero attached hydrogens (tertiary/aromatic N) is 2. The predicted molar refractivity (Wildman–Crippen MR) is 127 cm³/mol. The van der Waals surface area contributed by atoms with Crippen LogP contribution in [0, 0.1) is 0 Å². The molecule has 1 N–H and O–H groups in total. The maximum Gasteiger partial charge on any atom is 0.230 e. The summed E-state index contributed by atoms with van der Waals surface area (Å²) in [4.78, 5) is 23.2. The number of hydrogen-bond donors (Lipinski definition) is 1. The Kier molecular flexibility index (Phi) is 5.25. The fraction of sp³-hybridized carbons (Fsp3) is 0.0385. The summed E-state index contributed by atoms with van der Waals surface area (Å²) in [5, 5.41) is 7.25. The molecule has 0 saturated carbocycles. The molecule has 5 aromatic rings. The number of rotatable bonds is 5. The number of aromatic nitrogens is 2. The largest absolute Gasteiger partial charge is 0.309 e. The van der Waals surface area contributed by atoms with E-state index in [-0.39, 0.29) is 12.3 Å². The highest BCUT2D eigenvalue weighted by atomic mass is 32.1. The van der Waals surface area contributed by atoms with Gasteiger partial charge in [-0.15, -0.1) is 11.3 Å². The van der Waals surface area contributed by atoms with Crippen LogP contribution in [0.3, 0.4) is 0 Å². The van der Waals surface area contributed by atoms with Crippen molar-refractivity contribution in [1.82, 2.24) is 9.97 Å². The van der Waals surface area contributed by atoms with Gasteiger partial charge in [-0.1, -0.05) is 78.9 Å². The van der Waals surface area contributed by atoms with Crippen LogP contribution >= 0.6 is 11.3 Å². The first-order valence-electron chi connectivity index (χ1n) is 10.0. The summed E-state index contributed by atoms with van der Waals surface area (Å²) in [6.07, 6.45) is 1.98. The van der Waals surface area contributed by atoms with E-state index in [4.69, 9.17) is 4.98 Å². The Labute approximate surface area is 184 Å². The molecule has 2 aromatic heterocycles.